The molecule has 34 heavy (non-hydrogen) atoms. The van der Waals surface area contributed by atoms with Gasteiger partial charge in [-0.05, 0) is 136 Å². The topological polar surface area (TPSA) is 42.4 Å². The zero-order chi connectivity index (χ0) is 23.6. The van der Waals surface area contributed by atoms with E-state index in [1.807, 2.05) is 12.3 Å². The van der Waals surface area contributed by atoms with Crippen molar-refractivity contribution in [3.05, 3.63) is 36.5 Å². The van der Waals surface area contributed by atoms with Gasteiger partial charge in [-0.25, -0.2) is 0 Å². The summed E-state index contributed by atoms with van der Waals surface area (Å²) in [5, 5.41) is 11.9. The third-order valence-corrected chi connectivity index (χ3v) is 11.5. The van der Waals surface area contributed by atoms with E-state index in [1.54, 1.807) is 0 Å². The summed E-state index contributed by atoms with van der Waals surface area (Å²) >= 11 is 0. The molecule has 0 amide bonds. The van der Waals surface area contributed by atoms with E-state index in [-0.39, 0.29) is 0 Å². The van der Waals surface area contributed by atoms with Gasteiger partial charge in [-0.15, -0.1) is 0 Å². The quantitative estimate of drug-likeness (QED) is 0.515. The van der Waals surface area contributed by atoms with Gasteiger partial charge < -0.3 is 9.84 Å². The minimum Gasteiger partial charge on any atom is -0.494 e. The summed E-state index contributed by atoms with van der Waals surface area (Å²) in [7, 11) is 0. The lowest BCUT2D eigenvalue weighted by atomic mass is 9.44. The summed E-state index contributed by atoms with van der Waals surface area (Å²) < 4.78 is 6.26. The van der Waals surface area contributed by atoms with Gasteiger partial charge in [-0.1, -0.05) is 19.9 Å². The number of hydrogen-bond donors (Lipinski definition) is 1. The van der Waals surface area contributed by atoms with Gasteiger partial charge in [0.2, 0.25) is 0 Å². The Bertz CT molecular complexity index is 1050. The van der Waals surface area contributed by atoms with Crippen LogP contribution >= 0.6 is 0 Å². The average molecular weight is 462 g/mol. The van der Waals surface area contributed by atoms with Gasteiger partial charge in [0.15, 0.2) is 0 Å². The van der Waals surface area contributed by atoms with Crippen LogP contribution in [0.2, 0.25) is 0 Å². The molecule has 0 aliphatic heterocycles. The first kappa shape index (κ1) is 22.8. The molecule has 0 unspecified atom stereocenters. The summed E-state index contributed by atoms with van der Waals surface area (Å²) in [6.07, 6.45) is 14.6. The molecule has 8 atom stereocenters. The predicted molar refractivity (Wildman–Crippen MR) is 138 cm³/mol. The third-order valence-electron chi connectivity index (χ3n) is 11.5. The first-order valence-corrected chi connectivity index (χ1v) is 14.0. The Labute approximate surface area is 205 Å². The molecule has 0 spiro atoms. The monoisotopic (exact) mass is 461 g/mol. The van der Waals surface area contributed by atoms with Crippen molar-refractivity contribution in [2.75, 3.05) is 6.61 Å². The van der Waals surface area contributed by atoms with Crippen molar-refractivity contribution in [3.63, 3.8) is 0 Å². The van der Waals surface area contributed by atoms with Crippen LogP contribution in [0.3, 0.4) is 0 Å². The second kappa shape index (κ2) is 8.22. The summed E-state index contributed by atoms with van der Waals surface area (Å²) in [6, 6.07) is 10.4. The molecule has 3 nitrogen and oxygen atoms in total. The Morgan fingerprint density at radius 2 is 1.79 bits per heavy atom. The Morgan fingerprint density at radius 3 is 2.68 bits per heavy atom. The van der Waals surface area contributed by atoms with E-state index in [0.717, 1.165) is 65.7 Å². The van der Waals surface area contributed by atoms with Crippen molar-refractivity contribution in [2.45, 2.75) is 90.6 Å². The molecule has 4 aliphatic carbocycles. The molecule has 1 N–H and O–H groups in total. The summed E-state index contributed by atoms with van der Waals surface area (Å²) in [4.78, 5) is 4.42. The molecule has 1 aromatic carbocycles. The fourth-order valence-corrected chi connectivity index (χ4v) is 9.48. The second-order valence-corrected chi connectivity index (χ2v) is 13.2. The highest BCUT2D eigenvalue weighted by molar-refractivity contribution is 5.79. The lowest BCUT2D eigenvalue weighted by molar-refractivity contribution is -0.146. The van der Waals surface area contributed by atoms with E-state index in [2.05, 4.69) is 50.0 Å². The molecule has 1 heterocycles. The molecule has 6 rings (SSSR count). The van der Waals surface area contributed by atoms with Gasteiger partial charge in [-0.3, -0.25) is 4.98 Å². The second-order valence-electron chi connectivity index (χ2n) is 13.2. The van der Waals surface area contributed by atoms with Crippen LogP contribution in [0.5, 0.6) is 5.75 Å². The number of nitrogens with zero attached hydrogens (tertiary/aromatic N) is 1. The number of pyridine rings is 1. The molecule has 184 valence electrons. The van der Waals surface area contributed by atoms with Crippen molar-refractivity contribution in [2.24, 2.45) is 40.4 Å². The third kappa shape index (κ3) is 3.69. The lowest BCUT2D eigenvalue weighted by Crippen LogP contribution is -2.55. The number of ether oxygens (including phenoxy) is 1. The fourth-order valence-electron chi connectivity index (χ4n) is 9.48. The van der Waals surface area contributed by atoms with Crippen molar-refractivity contribution in [3.8, 4) is 5.75 Å². The number of hydrogen-bond acceptors (Lipinski definition) is 3. The average Bonchev–Trinajstić information content (AvgIpc) is 3.16. The summed E-state index contributed by atoms with van der Waals surface area (Å²) in [5.41, 5.74) is 1.54. The molecule has 2 aromatic rings. The van der Waals surface area contributed by atoms with Gasteiger partial charge in [0.1, 0.15) is 5.75 Å². The highest BCUT2D eigenvalue weighted by atomic mass is 16.5. The van der Waals surface area contributed by atoms with E-state index in [1.165, 1.54) is 51.4 Å². The van der Waals surface area contributed by atoms with E-state index in [4.69, 9.17) is 4.74 Å². The van der Waals surface area contributed by atoms with Gasteiger partial charge in [0, 0.05) is 11.6 Å². The maximum absolute atomic E-state index is 10.8. The van der Waals surface area contributed by atoms with E-state index >= 15 is 0 Å². The first-order chi connectivity index (χ1) is 16.3. The van der Waals surface area contributed by atoms with Crippen LogP contribution in [0, 0.1) is 40.4 Å². The minimum atomic E-state index is -0.430. The molecule has 4 fully saturated rings. The fraction of sp³-hybridized carbons (Fsp3) is 0.710. The zero-order valence-electron chi connectivity index (χ0n) is 21.4. The van der Waals surface area contributed by atoms with E-state index < -0.39 is 5.60 Å². The highest BCUT2D eigenvalue weighted by Crippen LogP contribution is 2.68. The van der Waals surface area contributed by atoms with Crippen LogP contribution in [-0.2, 0) is 0 Å². The maximum Gasteiger partial charge on any atom is 0.120 e. The summed E-state index contributed by atoms with van der Waals surface area (Å²) in [5.74, 6) is 5.16. The largest absolute Gasteiger partial charge is 0.494 e. The molecule has 4 aliphatic rings. The molecule has 3 heteroatoms. The molecule has 4 saturated carbocycles. The Morgan fingerprint density at radius 1 is 0.941 bits per heavy atom. The maximum atomic E-state index is 10.8. The Kier molecular flexibility index (Phi) is 5.52. The summed E-state index contributed by atoms with van der Waals surface area (Å²) in [6.45, 7) is 8.13. The van der Waals surface area contributed by atoms with Crippen molar-refractivity contribution < 1.29 is 9.84 Å². The molecule has 0 bridgehead atoms. The number of aromatic nitrogens is 1. The number of aliphatic hydroxyl groups is 1. The van der Waals surface area contributed by atoms with Crippen LogP contribution in [0.25, 0.3) is 10.9 Å². The SMILES string of the molecule is C[C@@]1(O)CC[C@@]2(C)[C@@H](CC[C@@H]3[C@@H]2CC[C@]2(C)[C@@H](CCOc4ccc5ncccc5c4)CC[C@@H]32)C1. The minimum absolute atomic E-state index is 0.430. The highest BCUT2D eigenvalue weighted by Gasteiger charge is 2.60. The van der Waals surface area contributed by atoms with Crippen LogP contribution in [0.4, 0.5) is 0 Å². The molecule has 0 radical (unpaired) electrons. The molecular formula is C31H43NO2. The van der Waals surface area contributed by atoms with Gasteiger partial charge >= 0.3 is 0 Å². The predicted octanol–water partition coefficient (Wildman–Crippen LogP) is 7.41. The Hall–Kier alpha value is -1.61. The van der Waals surface area contributed by atoms with Crippen LogP contribution in [0.15, 0.2) is 36.5 Å². The Balaban J connectivity index is 1.11. The van der Waals surface area contributed by atoms with Gasteiger partial charge in [0.25, 0.3) is 0 Å². The molecule has 0 saturated heterocycles. The molecule has 1 aromatic heterocycles. The molecular weight excluding hydrogens is 418 g/mol. The van der Waals surface area contributed by atoms with E-state index in [9.17, 15) is 5.11 Å². The van der Waals surface area contributed by atoms with Gasteiger partial charge in [-0.2, -0.15) is 0 Å². The van der Waals surface area contributed by atoms with Crippen LogP contribution in [-0.4, -0.2) is 22.3 Å². The normalized spacial score (nSPS) is 43.7. The smallest absolute Gasteiger partial charge is 0.120 e. The zero-order valence-corrected chi connectivity index (χ0v) is 21.4. The standard InChI is InChI=1S/C31H43NO2/c1-29(33)15-16-31(3)23(20-29)6-9-25-26-10-7-22(30(26,2)14-12-27(25)31)13-18-34-24-8-11-28-21(19-24)5-4-17-32-28/h4-5,8,11,17,19,22-23,25-27,33H,6-7,9-10,12-16,18,20H2,1-3H3/t22-,23+,25+,26+,27+,29-,30-,31+/m1/s1. The van der Waals surface area contributed by atoms with Crippen molar-refractivity contribution in [1.29, 1.82) is 0 Å². The number of rotatable bonds is 4. The first-order valence-electron chi connectivity index (χ1n) is 14.0. The van der Waals surface area contributed by atoms with Crippen LogP contribution in [0.1, 0.15) is 85.0 Å². The van der Waals surface area contributed by atoms with Crippen LogP contribution < -0.4 is 4.74 Å². The number of fused-ring (bicyclic) bond motifs is 6. The van der Waals surface area contributed by atoms with E-state index in [0.29, 0.717) is 10.8 Å². The van der Waals surface area contributed by atoms with Gasteiger partial charge in [0.05, 0.1) is 17.7 Å². The number of benzene rings is 1. The van der Waals surface area contributed by atoms with Crippen molar-refractivity contribution in [1.82, 2.24) is 4.98 Å². The lowest BCUT2D eigenvalue weighted by Gasteiger charge is -2.62. The van der Waals surface area contributed by atoms with Crippen molar-refractivity contribution >= 4 is 10.9 Å².